The molecule has 0 radical (unpaired) electrons. The quantitative estimate of drug-likeness (QED) is 0.456. The number of imide groups is 1. The maximum Gasteiger partial charge on any atom is 0.387 e. The summed E-state index contributed by atoms with van der Waals surface area (Å²) >= 11 is 0. The highest BCUT2D eigenvalue weighted by molar-refractivity contribution is 6.08. The van der Waals surface area contributed by atoms with Crippen molar-refractivity contribution < 1.29 is 28.2 Å². The molecule has 3 amide bonds. The average Bonchev–Trinajstić information content (AvgIpc) is 3.27. The van der Waals surface area contributed by atoms with E-state index in [1.54, 1.807) is 36.1 Å². The molecule has 2 aromatic carbocycles. The fourth-order valence-electron chi connectivity index (χ4n) is 5.42. The van der Waals surface area contributed by atoms with Gasteiger partial charge in [-0.2, -0.15) is 8.78 Å². The van der Waals surface area contributed by atoms with Gasteiger partial charge >= 0.3 is 12.6 Å². The van der Waals surface area contributed by atoms with Crippen LogP contribution in [0.3, 0.4) is 0 Å². The highest BCUT2D eigenvalue weighted by atomic mass is 19.3. The molecule has 2 atom stereocenters. The van der Waals surface area contributed by atoms with Crippen LogP contribution in [0.5, 0.6) is 11.5 Å². The summed E-state index contributed by atoms with van der Waals surface area (Å²) in [7, 11) is 1.94. The first-order chi connectivity index (χ1) is 17.5. The molecule has 3 aromatic rings. The fraction of sp³-hybridized carbons (Fsp3) is 0.407. The van der Waals surface area contributed by atoms with Crippen LogP contribution in [0.25, 0.3) is 10.9 Å². The average molecular weight is 513 g/mol. The molecule has 0 bridgehead atoms. The lowest BCUT2D eigenvalue weighted by Gasteiger charge is -2.42. The van der Waals surface area contributed by atoms with Crippen LogP contribution in [0.4, 0.5) is 13.6 Å². The zero-order valence-corrected chi connectivity index (χ0v) is 21.2. The Morgan fingerprint density at radius 3 is 2.65 bits per heavy atom. The standard InChI is InChI=1S/C27H30F2N4O4/c1-15(2)31(4)10-11-32-24(35)27(3)14-20-19-13-18(37-25(28)29)8-9-21(19)30-22(20)23(33(27)26(32)36)16-6-5-7-17(34)12-16/h5-9,12-13,15,23,25,30,34H,10-11,14H2,1-4H3/t23?,27-/m0/s1. The third kappa shape index (κ3) is 4.09. The topological polar surface area (TPSA) is 89.1 Å². The number of phenols is 1. The fourth-order valence-corrected chi connectivity index (χ4v) is 5.42. The number of likely N-dealkylation sites (N-methyl/N-ethyl adjacent to an activating group) is 1. The number of carbonyl (C=O) groups excluding carboxylic acids is 2. The minimum absolute atomic E-state index is 0.0120. The summed E-state index contributed by atoms with van der Waals surface area (Å²) < 4.78 is 30.4. The van der Waals surface area contributed by atoms with Crippen molar-refractivity contribution in [3.05, 3.63) is 59.3 Å². The largest absolute Gasteiger partial charge is 0.508 e. The number of rotatable bonds is 7. The second kappa shape index (κ2) is 9.02. The number of amides is 3. The van der Waals surface area contributed by atoms with Gasteiger partial charge in [-0.1, -0.05) is 12.1 Å². The second-order valence-electron chi connectivity index (χ2n) is 10.2. The number of H-pyrrole nitrogens is 1. The highest BCUT2D eigenvalue weighted by Gasteiger charge is 2.60. The van der Waals surface area contributed by atoms with Gasteiger partial charge in [0, 0.05) is 42.1 Å². The third-order valence-electron chi connectivity index (χ3n) is 7.61. The zero-order chi connectivity index (χ0) is 26.6. The van der Waals surface area contributed by atoms with Crippen LogP contribution in [0.15, 0.2) is 42.5 Å². The molecule has 2 aliphatic heterocycles. The number of alkyl halides is 2. The number of hydrogen-bond donors (Lipinski definition) is 2. The first kappa shape index (κ1) is 25.0. The lowest BCUT2D eigenvalue weighted by molar-refractivity contribution is -0.133. The lowest BCUT2D eigenvalue weighted by atomic mass is 9.81. The minimum atomic E-state index is -2.97. The SMILES string of the molecule is CC(C)N(C)CCN1C(=O)N2C(c3cccc(O)c3)c3[nH]c4ccc(OC(F)F)cc4c3C[C@@]2(C)C1=O. The van der Waals surface area contributed by atoms with Gasteiger partial charge in [-0.05, 0) is 69.3 Å². The molecule has 196 valence electrons. The number of ether oxygens (including phenoxy) is 1. The Morgan fingerprint density at radius 1 is 1.22 bits per heavy atom. The van der Waals surface area contributed by atoms with Gasteiger partial charge < -0.3 is 19.7 Å². The van der Waals surface area contributed by atoms with Crippen LogP contribution < -0.4 is 4.74 Å². The maximum atomic E-state index is 13.8. The highest BCUT2D eigenvalue weighted by Crippen LogP contribution is 2.49. The molecule has 0 saturated carbocycles. The van der Waals surface area contributed by atoms with Crippen molar-refractivity contribution >= 4 is 22.8 Å². The van der Waals surface area contributed by atoms with Crippen molar-refractivity contribution in [1.29, 1.82) is 0 Å². The van der Waals surface area contributed by atoms with E-state index in [4.69, 9.17) is 0 Å². The van der Waals surface area contributed by atoms with Crippen LogP contribution in [0.1, 0.15) is 43.6 Å². The molecule has 8 nitrogen and oxygen atoms in total. The number of nitrogens with zero attached hydrogens (tertiary/aromatic N) is 3. The first-order valence-corrected chi connectivity index (χ1v) is 12.2. The molecule has 5 rings (SSSR count). The zero-order valence-electron chi connectivity index (χ0n) is 21.2. The molecule has 1 aromatic heterocycles. The van der Waals surface area contributed by atoms with E-state index in [9.17, 15) is 23.5 Å². The summed E-state index contributed by atoms with van der Waals surface area (Å²) in [5.41, 5.74) is 1.53. The molecule has 2 aliphatic rings. The van der Waals surface area contributed by atoms with Crippen molar-refractivity contribution in [1.82, 2.24) is 19.7 Å². The van der Waals surface area contributed by atoms with Crippen molar-refractivity contribution in [2.75, 3.05) is 20.1 Å². The Hall–Kier alpha value is -3.66. The summed E-state index contributed by atoms with van der Waals surface area (Å²) in [5.74, 6) is -0.263. The minimum Gasteiger partial charge on any atom is -0.508 e. The number of aromatic nitrogens is 1. The van der Waals surface area contributed by atoms with Crippen molar-refractivity contribution in [2.45, 2.75) is 51.4 Å². The molecule has 0 spiro atoms. The number of urea groups is 1. The van der Waals surface area contributed by atoms with Gasteiger partial charge in [0.1, 0.15) is 23.1 Å². The Labute approximate surface area is 213 Å². The second-order valence-corrected chi connectivity index (χ2v) is 10.2. The number of nitrogens with one attached hydrogen (secondary N) is 1. The predicted octanol–water partition coefficient (Wildman–Crippen LogP) is 4.48. The normalized spacial score (nSPS) is 21.5. The Balaban J connectivity index is 1.64. The number of halogens is 2. The van der Waals surface area contributed by atoms with E-state index in [2.05, 4.69) is 14.6 Å². The third-order valence-corrected chi connectivity index (χ3v) is 7.61. The summed E-state index contributed by atoms with van der Waals surface area (Å²) in [6.45, 7) is 3.63. The van der Waals surface area contributed by atoms with Gasteiger partial charge in [0.15, 0.2) is 0 Å². The van der Waals surface area contributed by atoms with Crippen LogP contribution >= 0.6 is 0 Å². The summed E-state index contributed by atoms with van der Waals surface area (Å²) in [4.78, 5) is 36.0. The van der Waals surface area contributed by atoms with E-state index in [0.29, 0.717) is 28.7 Å². The van der Waals surface area contributed by atoms with E-state index >= 15 is 0 Å². The van der Waals surface area contributed by atoms with E-state index < -0.39 is 24.2 Å². The van der Waals surface area contributed by atoms with E-state index in [0.717, 1.165) is 5.56 Å². The summed E-state index contributed by atoms with van der Waals surface area (Å²) in [6, 6.07) is 10.4. The summed E-state index contributed by atoms with van der Waals surface area (Å²) in [5, 5.41) is 10.9. The van der Waals surface area contributed by atoms with Crippen LogP contribution in [0, 0.1) is 0 Å². The number of aromatic amines is 1. The Morgan fingerprint density at radius 2 is 1.97 bits per heavy atom. The number of benzene rings is 2. The number of aromatic hydroxyl groups is 1. The van der Waals surface area contributed by atoms with Gasteiger partial charge in [-0.25, -0.2) is 4.79 Å². The van der Waals surface area contributed by atoms with Crippen LogP contribution in [-0.2, 0) is 11.2 Å². The number of carbonyl (C=O) groups is 2. The molecule has 1 fully saturated rings. The maximum absolute atomic E-state index is 13.8. The van der Waals surface area contributed by atoms with Gasteiger partial charge in [0.25, 0.3) is 5.91 Å². The van der Waals surface area contributed by atoms with Crippen LogP contribution in [-0.4, -0.2) is 75.1 Å². The van der Waals surface area contributed by atoms with Crippen molar-refractivity contribution in [3.63, 3.8) is 0 Å². The van der Waals surface area contributed by atoms with Gasteiger partial charge in [-0.3, -0.25) is 14.6 Å². The summed E-state index contributed by atoms with van der Waals surface area (Å²) in [6.07, 6.45) is 0.205. The Kier molecular flexibility index (Phi) is 6.10. The van der Waals surface area contributed by atoms with Gasteiger partial charge in [-0.15, -0.1) is 0 Å². The van der Waals surface area contributed by atoms with E-state index in [1.165, 1.54) is 23.1 Å². The molecule has 1 saturated heterocycles. The molecule has 10 heteroatoms. The molecular formula is C27H30F2N4O4. The van der Waals surface area contributed by atoms with Gasteiger partial charge in [0.05, 0.1) is 0 Å². The monoisotopic (exact) mass is 512 g/mol. The number of phenolic OH excluding ortho intramolecular Hbond substituents is 1. The molecule has 3 heterocycles. The first-order valence-electron chi connectivity index (χ1n) is 12.2. The smallest absolute Gasteiger partial charge is 0.387 e. The lowest BCUT2D eigenvalue weighted by Crippen LogP contribution is -2.53. The number of fused-ring (bicyclic) bond motifs is 4. The molecule has 0 aliphatic carbocycles. The Bertz CT molecular complexity index is 1370. The van der Waals surface area contributed by atoms with Crippen LogP contribution in [0.2, 0.25) is 0 Å². The number of hydrogen-bond acceptors (Lipinski definition) is 5. The molecule has 2 N–H and O–H groups in total. The van der Waals surface area contributed by atoms with Gasteiger partial charge in [0.2, 0.25) is 0 Å². The molecule has 1 unspecified atom stereocenters. The molecular weight excluding hydrogens is 482 g/mol. The van der Waals surface area contributed by atoms with E-state index in [-0.39, 0.29) is 36.4 Å². The van der Waals surface area contributed by atoms with Crippen molar-refractivity contribution in [3.8, 4) is 11.5 Å². The molecule has 37 heavy (non-hydrogen) atoms. The van der Waals surface area contributed by atoms with Crippen molar-refractivity contribution in [2.24, 2.45) is 0 Å². The van der Waals surface area contributed by atoms with E-state index in [1.807, 2.05) is 20.9 Å². The predicted molar refractivity (Wildman–Crippen MR) is 134 cm³/mol.